The molecule has 0 heterocycles. The molecule has 2 rings (SSSR count). The van der Waals surface area contributed by atoms with Crippen LogP contribution in [0.3, 0.4) is 0 Å². The third-order valence-corrected chi connectivity index (χ3v) is 1.93. The fourth-order valence-electron chi connectivity index (χ4n) is 1.11. The van der Waals surface area contributed by atoms with Crippen molar-refractivity contribution in [3.63, 3.8) is 0 Å². The zero-order chi connectivity index (χ0) is 12.7. The fraction of sp³-hybridized carbons (Fsp3) is 0. The maximum Gasteiger partial charge on any atom is 0.252 e. The van der Waals surface area contributed by atoms with Gasteiger partial charge in [-0.15, -0.1) is 0 Å². The van der Waals surface area contributed by atoms with Gasteiger partial charge in [0.05, 0.1) is 5.56 Å². The second-order valence-electron chi connectivity index (χ2n) is 3.22. The first-order chi connectivity index (χ1) is 8.11. The van der Waals surface area contributed by atoms with Gasteiger partial charge in [0.2, 0.25) is 0 Å². The van der Waals surface area contributed by atoms with Gasteiger partial charge in [-0.1, -0.05) is 30.3 Å². The summed E-state index contributed by atoms with van der Waals surface area (Å²) >= 11 is 0. The van der Waals surface area contributed by atoms with Crippen molar-refractivity contribution in [2.45, 2.75) is 0 Å². The molecule has 1 amide bonds. The number of rotatable bonds is 1. The third-order valence-electron chi connectivity index (χ3n) is 1.93. The molecular formula is C13H13NO3. The first kappa shape index (κ1) is 12.6. The van der Waals surface area contributed by atoms with E-state index < -0.39 is 5.91 Å². The van der Waals surface area contributed by atoms with Crippen LogP contribution in [0.4, 0.5) is 0 Å². The van der Waals surface area contributed by atoms with Gasteiger partial charge < -0.3 is 15.9 Å². The van der Waals surface area contributed by atoms with Crippen LogP contribution < -0.4 is 5.73 Å². The van der Waals surface area contributed by atoms with Crippen LogP contribution in [0.5, 0.6) is 11.5 Å². The zero-order valence-electron chi connectivity index (χ0n) is 9.08. The normalized spacial score (nSPS) is 8.94. The van der Waals surface area contributed by atoms with Gasteiger partial charge in [-0.25, -0.2) is 0 Å². The van der Waals surface area contributed by atoms with Gasteiger partial charge in [0.1, 0.15) is 11.5 Å². The number of carbonyl (C=O) groups is 1. The highest BCUT2D eigenvalue weighted by Gasteiger charge is 2.03. The number of phenols is 2. The van der Waals surface area contributed by atoms with E-state index in [1.807, 2.05) is 6.07 Å². The van der Waals surface area contributed by atoms with E-state index in [4.69, 9.17) is 15.9 Å². The first-order valence-electron chi connectivity index (χ1n) is 4.93. The molecule has 0 aliphatic heterocycles. The van der Waals surface area contributed by atoms with Crippen LogP contribution in [0.25, 0.3) is 0 Å². The monoisotopic (exact) mass is 231 g/mol. The number of nitrogens with two attached hydrogens (primary N) is 1. The molecule has 0 atom stereocenters. The number of aromatic hydroxyl groups is 2. The van der Waals surface area contributed by atoms with Gasteiger partial charge in [0.15, 0.2) is 0 Å². The van der Waals surface area contributed by atoms with E-state index in [0.717, 1.165) is 0 Å². The molecule has 0 saturated carbocycles. The van der Waals surface area contributed by atoms with E-state index in [-0.39, 0.29) is 11.3 Å². The minimum atomic E-state index is -0.613. The number of amides is 1. The Morgan fingerprint density at radius 3 is 1.76 bits per heavy atom. The molecule has 4 heteroatoms. The Morgan fingerprint density at radius 2 is 1.41 bits per heavy atom. The summed E-state index contributed by atoms with van der Waals surface area (Å²) in [6.45, 7) is 0. The van der Waals surface area contributed by atoms with E-state index in [0.29, 0.717) is 5.75 Å². The molecule has 4 nitrogen and oxygen atoms in total. The summed E-state index contributed by atoms with van der Waals surface area (Å²) in [6, 6.07) is 14.9. The van der Waals surface area contributed by atoms with Crippen molar-refractivity contribution in [1.82, 2.24) is 0 Å². The molecule has 0 radical (unpaired) electrons. The van der Waals surface area contributed by atoms with Gasteiger partial charge in [-0.2, -0.15) is 0 Å². The summed E-state index contributed by atoms with van der Waals surface area (Å²) in [5, 5.41) is 17.6. The van der Waals surface area contributed by atoms with Crippen LogP contribution in [-0.2, 0) is 0 Å². The average molecular weight is 231 g/mol. The number of carbonyl (C=O) groups excluding carboxylic acids is 1. The Kier molecular flexibility index (Phi) is 4.57. The summed E-state index contributed by atoms with van der Waals surface area (Å²) in [6.07, 6.45) is 0. The summed E-state index contributed by atoms with van der Waals surface area (Å²) < 4.78 is 0. The van der Waals surface area contributed by atoms with Crippen LogP contribution in [0.1, 0.15) is 10.4 Å². The number of hydrogen-bond acceptors (Lipinski definition) is 3. The minimum Gasteiger partial charge on any atom is -0.508 e. The molecule has 2 aromatic rings. The molecule has 0 bridgehead atoms. The molecule has 0 saturated heterocycles. The van der Waals surface area contributed by atoms with E-state index >= 15 is 0 Å². The molecule has 0 spiro atoms. The summed E-state index contributed by atoms with van der Waals surface area (Å²) in [5.41, 5.74) is 5.07. The average Bonchev–Trinajstić information content (AvgIpc) is 2.31. The van der Waals surface area contributed by atoms with Crippen molar-refractivity contribution in [2.75, 3.05) is 0 Å². The molecule has 2 aromatic carbocycles. The smallest absolute Gasteiger partial charge is 0.252 e. The number of hydrogen-bond donors (Lipinski definition) is 3. The van der Waals surface area contributed by atoms with E-state index in [1.54, 1.807) is 36.4 Å². The highest BCUT2D eigenvalue weighted by molar-refractivity contribution is 5.95. The van der Waals surface area contributed by atoms with E-state index in [9.17, 15) is 4.79 Å². The van der Waals surface area contributed by atoms with Gasteiger partial charge in [0, 0.05) is 0 Å². The largest absolute Gasteiger partial charge is 0.508 e. The lowest BCUT2D eigenvalue weighted by Crippen LogP contribution is -2.10. The summed E-state index contributed by atoms with van der Waals surface area (Å²) in [7, 11) is 0. The molecule has 0 aliphatic carbocycles. The minimum absolute atomic E-state index is 0.0741. The molecule has 88 valence electrons. The lowest BCUT2D eigenvalue weighted by Gasteiger charge is -1.96. The van der Waals surface area contributed by atoms with E-state index in [2.05, 4.69) is 0 Å². The van der Waals surface area contributed by atoms with Crippen LogP contribution >= 0.6 is 0 Å². The van der Waals surface area contributed by atoms with Gasteiger partial charge in [-0.3, -0.25) is 4.79 Å². The second-order valence-corrected chi connectivity index (χ2v) is 3.22. The molecule has 17 heavy (non-hydrogen) atoms. The van der Waals surface area contributed by atoms with Crippen molar-refractivity contribution in [3.05, 3.63) is 60.2 Å². The molecule has 0 fully saturated rings. The molecule has 0 unspecified atom stereocenters. The zero-order valence-corrected chi connectivity index (χ0v) is 9.08. The molecular weight excluding hydrogens is 218 g/mol. The van der Waals surface area contributed by atoms with Crippen LogP contribution in [-0.4, -0.2) is 16.1 Å². The summed E-state index contributed by atoms with van der Waals surface area (Å²) in [5.74, 6) is -0.365. The third kappa shape index (κ3) is 4.25. The standard InChI is InChI=1S/C7H7NO2.C6H6O/c8-7(10)5-3-1-2-4-6(5)9;7-6-4-2-1-3-5-6/h1-4,9H,(H2,8,10);1-5,7H. The van der Waals surface area contributed by atoms with Crippen molar-refractivity contribution in [1.29, 1.82) is 0 Å². The quantitative estimate of drug-likeness (QED) is 0.700. The van der Waals surface area contributed by atoms with Gasteiger partial charge in [0.25, 0.3) is 5.91 Å². The first-order valence-corrected chi connectivity index (χ1v) is 4.93. The fourth-order valence-corrected chi connectivity index (χ4v) is 1.11. The lowest BCUT2D eigenvalue weighted by molar-refractivity contribution is 0.0998. The number of para-hydroxylation sites is 2. The topological polar surface area (TPSA) is 83.6 Å². The number of primary amides is 1. The highest BCUT2D eigenvalue weighted by atomic mass is 16.3. The Labute approximate surface area is 98.9 Å². The highest BCUT2D eigenvalue weighted by Crippen LogP contribution is 2.13. The second kappa shape index (κ2) is 6.17. The van der Waals surface area contributed by atoms with Crippen LogP contribution in [0.15, 0.2) is 54.6 Å². The van der Waals surface area contributed by atoms with Crippen molar-refractivity contribution >= 4 is 5.91 Å². The Bertz CT molecular complexity index is 483. The Hall–Kier alpha value is -2.49. The predicted molar refractivity (Wildman–Crippen MR) is 64.7 cm³/mol. The van der Waals surface area contributed by atoms with Crippen molar-refractivity contribution in [2.24, 2.45) is 5.73 Å². The van der Waals surface area contributed by atoms with Crippen molar-refractivity contribution in [3.8, 4) is 11.5 Å². The Balaban J connectivity index is 0.000000181. The lowest BCUT2D eigenvalue weighted by atomic mass is 10.2. The molecule has 0 aromatic heterocycles. The SMILES string of the molecule is NC(=O)c1ccccc1O.Oc1ccccc1. The van der Waals surface area contributed by atoms with Gasteiger partial charge >= 0.3 is 0 Å². The van der Waals surface area contributed by atoms with Crippen molar-refractivity contribution < 1.29 is 15.0 Å². The maximum atomic E-state index is 10.5. The Morgan fingerprint density at radius 1 is 0.882 bits per heavy atom. The number of phenolic OH excluding ortho intramolecular Hbond substituents is 1. The maximum absolute atomic E-state index is 10.5. The van der Waals surface area contributed by atoms with Crippen LogP contribution in [0.2, 0.25) is 0 Å². The molecule has 0 aliphatic rings. The predicted octanol–water partition coefficient (Wildman–Crippen LogP) is 1.88. The van der Waals surface area contributed by atoms with E-state index in [1.165, 1.54) is 12.1 Å². The summed E-state index contributed by atoms with van der Waals surface area (Å²) in [4.78, 5) is 10.5. The van der Waals surface area contributed by atoms with Crippen LogP contribution in [0, 0.1) is 0 Å². The van der Waals surface area contributed by atoms with Gasteiger partial charge in [-0.05, 0) is 24.3 Å². The molecule has 4 N–H and O–H groups in total. The number of benzene rings is 2.